The Bertz CT molecular complexity index is 540. The van der Waals surface area contributed by atoms with Crippen molar-refractivity contribution in [3.8, 4) is 5.75 Å². The molecular weight excluding hydrogens is 202 g/mol. The van der Waals surface area contributed by atoms with Crippen molar-refractivity contribution < 1.29 is 9.53 Å². The quantitative estimate of drug-likeness (QED) is 0.724. The van der Waals surface area contributed by atoms with Gasteiger partial charge in [-0.2, -0.15) is 0 Å². The molecule has 0 spiro atoms. The van der Waals surface area contributed by atoms with Gasteiger partial charge >= 0.3 is 5.97 Å². The third-order valence-corrected chi connectivity index (χ3v) is 2.68. The zero-order valence-electron chi connectivity index (χ0n) is 9.78. The van der Waals surface area contributed by atoms with Gasteiger partial charge in [0.1, 0.15) is 0 Å². The molecule has 0 bridgehead atoms. The molecule has 0 fully saturated rings. The summed E-state index contributed by atoms with van der Waals surface area (Å²) in [6, 6.07) is 5.76. The van der Waals surface area contributed by atoms with E-state index in [0.717, 1.165) is 11.9 Å². The summed E-state index contributed by atoms with van der Waals surface area (Å²) in [6.45, 7) is 5.61. The number of hydrogen-bond acceptors (Lipinski definition) is 2. The molecule has 0 aliphatic carbocycles. The molecule has 0 aromatic carbocycles. The Hall–Kier alpha value is -1.77. The van der Waals surface area contributed by atoms with Gasteiger partial charge < -0.3 is 9.14 Å². The predicted molar refractivity (Wildman–Crippen MR) is 62.8 cm³/mol. The SMILES string of the molecule is CCc1c(C)cc2c(OC(C)=O)cccn12. The van der Waals surface area contributed by atoms with Crippen molar-refractivity contribution in [1.29, 1.82) is 0 Å². The molecule has 16 heavy (non-hydrogen) atoms. The van der Waals surface area contributed by atoms with Gasteiger partial charge in [0.05, 0.1) is 5.52 Å². The maximum absolute atomic E-state index is 11.0. The van der Waals surface area contributed by atoms with E-state index in [0.29, 0.717) is 5.75 Å². The molecule has 0 saturated carbocycles. The summed E-state index contributed by atoms with van der Waals surface area (Å²) in [7, 11) is 0. The first-order valence-electron chi connectivity index (χ1n) is 5.41. The van der Waals surface area contributed by atoms with E-state index in [1.807, 2.05) is 18.3 Å². The van der Waals surface area contributed by atoms with Crippen molar-refractivity contribution in [2.75, 3.05) is 0 Å². The predicted octanol–water partition coefficient (Wildman–Crippen LogP) is 2.74. The van der Waals surface area contributed by atoms with E-state index in [2.05, 4.69) is 24.3 Å². The molecule has 2 aromatic heterocycles. The molecule has 0 saturated heterocycles. The van der Waals surface area contributed by atoms with Gasteiger partial charge in [0, 0.05) is 18.8 Å². The Kier molecular flexibility index (Phi) is 2.69. The summed E-state index contributed by atoms with van der Waals surface area (Å²) < 4.78 is 7.26. The van der Waals surface area contributed by atoms with Crippen LogP contribution in [-0.2, 0) is 11.2 Å². The maximum atomic E-state index is 11.0. The van der Waals surface area contributed by atoms with E-state index in [-0.39, 0.29) is 5.97 Å². The summed E-state index contributed by atoms with van der Waals surface area (Å²) >= 11 is 0. The molecule has 0 amide bonds. The lowest BCUT2D eigenvalue weighted by Crippen LogP contribution is -2.03. The van der Waals surface area contributed by atoms with Crippen LogP contribution in [0.3, 0.4) is 0 Å². The average Bonchev–Trinajstić information content (AvgIpc) is 2.54. The van der Waals surface area contributed by atoms with E-state index in [1.165, 1.54) is 18.2 Å². The molecule has 0 N–H and O–H groups in total. The standard InChI is InChI=1S/C13H15NO2/c1-4-11-9(2)8-12-13(16-10(3)15)6-5-7-14(11)12/h5-8H,4H2,1-3H3. The number of fused-ring (bicyclic) bond motifs is 1. The largest absolute Gasteiger partial charge is 0.424 e. The Morgan fingerprint density at radius 3 is 2.88 bits per heavy atom. The van der Waals surface area contributed by atoms with Crippen molar-refractivity contribution in [2.45, 2.75) is 27.2 Å². The summed E-state index contributed by atoms with van der Waals surface area (Å²) in [5.74, 6) is 0.336. The first-order valence-corrected chi connectivity index (χ1v) is 5.41. The van der Waals surface area contributed by atoms with Gasteiger partial charge in [0.15, 0.2) is 5.75 Å². The van der Waals surface area contributed by atoms with Crippen molar-refractivity contribution in [1.82, 2.24) is 4.40 Å². The lowest BCUT2D eigenvalue weighted by molar-refractivity contribution is -0.131. The summed E-state index contributed by atoms with van der Waals surface area (Å²) in [5.41, 5.74) is 3.43. The minimum Gasteiger partial charge on any atom is -0.424 e. The fraction of sp³-hybridized carbons (Fsp3) is 0.308. The van der Waals surface area contributed by atoms with Crippen molar-refractivity contribution in [3.63, 3.8) is 0 Å². The summed E-state index contributed by atoms with van der Waals surface area (Å²) in [4.78, 5) is 11.0. The molecule has 0 atom stereocenters. The molecular formula is C13H15NO2. The van der Waals surface area contributed by atoms with E-state index in [4.69, 9.17) is 4.74 Å². The van der Waals surface area contributed by atoms with Gasteiger partial charge in [-0.25, -0.2) is 0 Å². The van der Waals surface area contributed by atoms with Gasteiger partial charge in [0.25, 0.3) is 0 Å². The number of esters is 1. The van der Waals surface area contributed by atoms with Crippen LogP contribution in [-0.4, -0.2) is 10.4 Å². The number of aryl methyl sites for hydroxylation is 2. The molecule has 3 nitrogen and oxygen atoms in total. The van der Waals surface area contributed by atoms with Crippen LogP contribution in [0, 0.1) is 6.92 Å². The van der Waals surface area contributed by atoms with Gasteiger partial charge in [-0.05, 0) is 37.1 Å². The molecule has 84 valence electrons. The van der Waals surface area contributed by atoms with Crippen LogP contribution >= 0.6 is 0 Å². The van der Waals surface area contributed by atoms with Crippen LogP contribution in [0.2, 0.25) is 0 Å². The van der Waals surface area contributed by atoms with Crippen LogP contribution in [0.5, 0.6) is 5.75 Å². The molecule has 3 heteroatoms. The number of ether oxygens (including phenoxy) is 1. The zero-order valence-corrected chi connectivity index (χ0v) is 9.78. The number of hydrogen-bond donors (Lipinski definition) is 0. The Morgan fingerprint density at radius 1 is 1.50 bits per heavy atom. The van der Waals surface area contributed by atoms with Crippen LogP contribution in [0.25, 0.3) is 5.52 Å². The molecule has 0 aliphatic rings. The Balaban J connectivity index is 2.64. The van der Waals surface area contributed by atoms with Crippen LogP contribution < -0.4 is 4.74 Å². The smallest absolute Gasteiger partial charge is 0.308 e. The number of nitrogens with zero attached hydrogens (tertiary/aromatic N) is 1. The second kappa shape index (κ2) is 4.00. The minimum atomic E-state index is -0.287. The average molecular weight is 217 g/mol. The minimum absolute atomic E-state index is 0.287. The highest BCUT2D eigenvalue weighted by Gasteiger charge is 2.10. The lowest BCUT2D eigenvalue weighted by atomic mass is 10.2. The normalized spacial score (nSPS) is 10.7. The van der Waals surface area contributed by atoms with Gasteiger partial charge in [-0.1, -0.05) is 6.92 Å². The fourth-order valence-corrected chi connectivity index (χ4v) is 2.05. The first-order chi connectivity index (χ1) is 7.63. The monoisotopic (exact) mass is 217 g/mol. The van der Waals surface area contributed by atoms with Gasteiger partial charge in [-0.3, -0.25) is 4.79 Å². The highest BCUT2D eigenvalue weighted by atomic mass is 16.5. The number of rotatable bonds is 2. The van der Waals surface area contributed by atoms with Crippen molar-refractivity contribution >= 4 is 11.5 Å². The van der Waals surface area contributed by atoms with Crippen molar-refractivity contribution in [3.05, 3.63) is 35.7 Å². The number of aromatic nitrogens is 1. The third-order valence-electron chi connectivity index (χ3n) is 2.68. The van der Waals surface area contributed by atoms with Crippen molar-refractivity contribution in [2.24, 2.45) is 0 Å². The van der Waals surface area contributed by atoms with E-state index < -0.39 is 0 Å². The Labute approximate surface area is 94.6 Å². The Morgan fingerprint density at radius 2 is 2.25 bits per heavy atom. The molecule has 0 radical (unpaired) electrons. The maximum Gasteiger partial charge on any atom is 0.308 e. The van der Waals surface area contributed by atoms with E-state index in [9.17, 15) is 4.79 Å². The molecule has 0 unspecified atom stereocenters. The van der Waals surface area contributed by atoms with Crippen LogP contribution in [0.1, 0.15) is 25.1 Å². The molecule has 0 aliphatic heterocycles. The second-order valence-electron chi connectivity index (χ2n) is 3.85. The highest BCUT2D eigenvalue weighted by molar-refractivity contribution is 5.74. The first kappa shape index (κ1) is 10.7. The topological polar surface area (TPSA) is 30.7 Å². The molecule has 2 rings (SSSR count). The van der Waals surface area contributed by atoms with Crippen LogP contribution in [0.4, 0.5) is 0 Å². The number of carbonyl (C=O) groups is 1. The number of carbonyl (C=O) groups excluding carboxylic acids is 1. The highest BCUT2D eigenvalue weighted by Crippen LogP contribution is 2.25. The molecule has 2 aromatic rings. The number of pyridine rings is 1. The third kappa shape index (κ3) is 1.69. The van der Waals surface area contributed by atoms with Gasteiger partial charge in [-0.15, -0.1) is 0 Å². The fourth-order valence-electron chi connectivity index (χ4n) is 2.05. The second-order valence-corrected chi connectivity index (χ2v) is 3.85. The van der Waals surface area contributed by atoms with Gasteiger partial charge in [0.2, 0.25) is 0 Å². The van der Waals surface area contributed by atoms with E-state index >= 15 is 0 Å². The summed E-state index contributed by atoms with van der Waals surface area (Å²) in [6.07, 6.45) is 2.96. The molecule has 2 heterocycles. The van der Waals surface area contributed by atoms with E-state index in [1.54, 1.807) is 0 Å². The van der Waals surface area contributed by atoms with Crippen LogP contribution in [0.15, 0.2) is 24.4 Å². The summed E-state index contributed by atoms with van der Waals surface area (Å²) in [5, 5.41) is 0. The zero-order chi connectivity index (χ0) is 11.7. The lowest BCUT2D eigenvalue weighted by Gasteiger charge is -2.05.